The summed E-state index contributed by atoms with van der Waals surface area (Å²) in [7, 11) is 0. The van der Waals surface area contributed by atoms with E-state index in [1.807, 2.05) is 28.0 Å². The van der Waals surface area contributed by atoms with Crippen LogP contribution >= 0.6 is 11.6 Å². The third-order valence-corrected chi connectivity index (χ3v) is 5.30. The lowest BCUT2D eigenvalue weighted by Gasteiger charge is -2.37. The number of nitro groups is 1. The highest BCUT2D eigenvalue weighted by atomic mass is 35.5. The zero-order chi connectivity index (χ0) is 20.4. The molecule has 0 N–H and O–H groups in total. The molecular weight excluding hydrogens is 394 g/mol. The molecule has 1 fully saturated rings. The molecule has 0 saturated carbocycles. The second-order valence-corrected chi connectivity index (χ2v) is 6.99. The fraction of sp³-hybridized carbons (Fsp3) is 0.200. The number of para-hydroxylation sites is 3. The monoisotopic (exact) mass is 411 g/mol. The van der Waals surface area contributed by atoms with E-state index in [9.17, 15) is 14.9 Å². The van der Waals surface area contributed by atoms with Crippen molar-refractivity contribution in [2.45, 2.75) is 0 Å². The van der Waals surface area contributed by atoms with Crippen molar-refractivity contribution in [3.05, 3.63) is 86.3 Å². The van der Waals surface area contributed by atoms with Gasteiger partial charge < -0.3 is 9.80 Å². The van der Waals surface area contributed by atoms with Crippen LogP contribution in [0.25, 0.3) is 5.69 Å². The van der Waals surface area contributed by atoms with Crippen molar-refractivity contribution in [3.8, 4) is 5.69 Å². The molecule has 0 atom stereocenters. The third-order valence-electron chi connectivity index (χ3n) is 4.94. The first-order valence-corrected chi connectivity index (χ1v) is 9.50. The number of piperazine rings is 1. The topological polar surface area (TPSA) is 84.5 Å². The van der Waals surface area contributed by atoms with Gasteiger partial charge in [0.1, 0.15) is 10.7 Å². The molecule has 4 rings (SSSR count). The predicted octanol–water partition coefficient (Wildman–Crippen LogP) is 3.12. The second-order valence-electron chi connectivity index (χ2n) is 6.62. The summed E-state index contributed by atoms with van der Waals surface area (Å²) in [4.78, 5) is 27.6. The van der Waals surface area contributed by atoms with Crippen molar-refractivity contribution in [1.29, 1.82) is 0 Å². The average molecular weight is 412 g/mol. The lowest BCUT2D eigenvalue weighted by molar-refractivity contribution is -0.384. The Kier molecular flexibility index (Phi) is 5.18. The zero-order valence-corrected chi connectivity index (χ0v) is 16.2. The van der Waals surface area contributed by atoms with Crippen molar-refractivity contribution in [2.75, 3.05) is 36.0 Å². The molecule has 0 unspecified atom stereocenters. The van der Waals surface area contributed by atoms with Crippen molar-refractivity contribution in [3.63, 3.8) is 0 Å². The predicted molar refractivity (Wildman–Crippen MR) is 112 cm³/mol. The van der Waals surface area contributed by atoms with E-state index in [-0.39, 0.29) is 21.2 Å². The van der Waals surface area contributed by atoms with Gasteiger partial charge in [0.15, 0.2) is 0 Å². The van der Waals surface area contributed by atoms with Crippen LogP contribution in [0.1, 0.15) is 0 Å². The molecule has 0 spiro atoms. The van der Waals surface area contributed by atoms with Crippen LogP contribution in [0, 0.1) is 10.1 Å². The highest BCUT2D eigenvalue weighted by molar-refractivity contribution is 6.33. The first kappa shape index (κ1) is 18.9. The first-order chi connectivity index (χ1) is 14.1. The van der Waals surface area contributed by atoms with E-state index >= 15 is 0 Å². The molecule has 0 aliphatic carbocycles. The number of aromatic nitrogens is 2. The fourth-order valence-corrected chi connectivity index (χ4v) is 3.72. The molecule has 0 bridgehead atoms. The Labute approximate surface area is 171 Å². The second kappa shape index (κ2) is 7.92. The maximum atomic E-state index is 12.7. The van der Waals surface area contributed by atoms with Crippen LogP contribution in [-0.2, 0) is 0 Å². The molecule has 3 aromatic rings. The molecule has 1 saturated heterocycles. The van der Waals surface area contributed by atoms with Crippen LogP contribution in [0.4, 0.5) is 17.1 Å². The van der Waals surface area contributed by atoms with Gasteiger partial charge in [-0.15, -0.1) is 0 Å². The lowest BCUT2D eigenvalue weighted by atomic mass is 10.2. The largest absolute Gasteiger partial charge is 0.365 e. The number of benzene rings is 2. The Morgan fingerprint density at radius 3 is 2.14 bits per heavy atom. The van der Waals surface area contributed by atoms with Gasteiger partial charge in [-0.25, -0.2) is 0 Å². The SMILES string of the molecule is O=c1c(Cl)c(N2CCN(c3ccccc3[N+](=O)[O-])CC2)cnn1-c1ccccc1. The molecule has 1 aliphatic rings. The third kappa shape index (κ3) is 3.66. The molecule has 0 radical (unpaired) electrons. The summed E-state index contributed by atoms with van der Waals surface area (Å²) in [6.07, 6.45) is 1.59. The maximum absolute atomic E-state index is 12.7. The smallest absolute Gasteiger partial charge is 0.292 e. The van der Waals surface area contributed by atoms with Crippen LogP contribution in [0.5, 0.6) is 0 Å². The molecule has 2 heterocycles. The van der Waals surface area contributed by atoms with Gasteiger partial charge in [0.2, 0.25) is 0 Å². The molecule has 1 aliphatic heterocycles. The van der Waals surface area contributed by atoms with Crippen molar-refractivity contribution < 1.29 is 4.92 Å². The van der Waals surface area contributed by atoms with Crippen LogP contribution in [0.15, 0.2) is 65.6 Å². The van der Waals surface area contributed by atoms with E-state index < -0.39 is 0 Å². The normalized spacial score (nSPS) is 14.1. The average Bonchev–Trinajstić information content (AvgIpc) is 2.76. The van der Waals surface area contributed by atoms with Crippen LogP contribution in [0.3, 0.4) is 0 Å². The Bertz CT molecular complexity index is 1090. The minimum absolute atomic E-state index is 0.0890. The number of hydrogen-bond donors (Lipinski definition) is 0. The Hall–Kier alpha value is -3.39. The number of halogens is 1. The summed E-state index contributed by atoms with van der Waals surface area (Å²) in [5, 5.41) is 15.7. The quantitative estimate of drug-likeness (QED) is 0.484. The fourth-order valence-electron chi connectivity index (χ4n) is 3.47. The summed E-state index contributed by atoms with van der Waals surface area (Å²) in [5.74, 6) is 0. The molecule has 0 amide bonds. The van der Waals surface area contributed by atoms with Gasteiger partial charge in [-0.05, 0) is 18.2 Å². The highest BCUT2D eigenvalue weighted by Gasteiger charge is 2.25. The molecule has 1 aromatic heterocycles. The van der Waals surface area contributed by atoms with Crippen molar-refractivity contribution >= 4 is 28.7 Å². The summed E-state index contributed by atoms with van der Waals surface area (Å²) in [6, 6.07) is 15.8. The maximum Gasteiger partial charge on any atom is 0.292 e. The Morgan fingerprint density at radius 2 is 1.48 bits per heavy atom. The van der Waals surface area contributed by atoms with E-state index in [0.717, 1.165) is 0 Å². The summed E-state index contributed by atoms with van der Waals surface area (Å²) < 4.78 is 1.27. The van der Waals surface area contributed by atoms with Gasteiger partial charge >= 0.3 is 0 Å². The minimum Gasteiger partial charge on any atom is -0.365 e. The van der Waals surface area contributed by atoms with E-state index in [0.29, 0.717) is 43.2 Å². The minimum atomic E-state index is -0.378. The molecule has 2 aromatic carbocycles. The van der Waals surface area contributed by atoms with Gasteiger partial charge in [0, 0.05) is 32.2 Å². The van der Waals surface area contributed by atoms with Gasteiger partial charge in [0.05, 0.1) is 22.5 Å². The lowest BCUT2D eigenvalue weighted by Crippen LogP contribution is -2.47. The number of nitrogens with zero attached hydrogens (tertiary/aromatic N) is 5. The molecule has 8 nitrogen and oxygen atoms in total. The zero-order valence-electron chi connectivity index (χ0n) is 15.4. The van der Waals surface area contributed by atoms with Gasteiger partial charge in [-0.3, -0.25) is 14.9 Å². The highest BCUT2D eigenvalue weighted by Crippen LogP contribution is 2.30. The summed E-state index contributed by atoms with van der Waals surface area (Å²) in [6.45, 7) is 2.29. The first-order valence-electron chi connectivity index (χ1n) is 9.13. The standard InChI is InChI=1S/C20H18ClN5O3/c21-19-18(14-22-25(20(19)27)15-6-2-1-3-7-15)24-12-10-23(11-13-24)16-8-4-5-9-17(16)26(28)29/h1-9,14H,10-13H2. The molecule has 29 heavy (non-hydrogen) atoms. The molecule has 9 heteroatoms. The van der Waals surface area contributed by atoms with Gasteiger partial charge in [0.25, 0.3) is 11.2 Å². The molecule has 148 valence electrons. The Balaban J connectivity index is 1.55. The van der Waals surface area contributed by atoms with Gasteiger partial charge in [-0.2, -0.15) is 9.78 Å². The number of anilines is 2. The Morgan fingerprint density at radius 1 is 0.897 bits per heavy atom. The van der Waals surface area contributed by atoms with Crippen LogP contribution < -0.4 is 15.4 Å². The van der Waals surface area contributed by atoms with E-state index in [1.54, 1.807) is 36.5 Å². The summed E-state index contributed by atoms with van der Waals surface area (Å²) in [5.41, 5.74) is 1.53. The van der Waals surface area contributed by atoms with E-state index in [4.69, 9.17) is 11.6 Å². The van der Waals surface area contributed by atoms with Crippen LogP contribution in [-0.4, -0.2) is 40.9 Å². The number of rotatable bonds is 4. The van der Waals surface area contributed by atoms with Crippen molar-refractivity contribution in [2.24, 2.45) is 0 Å². The number of nitro benzene ring substituents is 1. The van der Waals surface area contributed by atoms with Crippen molar-refractivity contribution in [1.82, 2.24) is 9.78 Å². The van der Waals surface area contributed by atoms with E-state index in [1.165, 1.54) is 10.7 Å². The summed E-state index contributed by atoms with van der Waals surface area (Å²) >= 11 is 6.38. The van der Waals surface area contributed by atoms with Gasteiger partial charge in [-0.1, -0.05) is 41.9 Å². The molecular formula is C20H18ClN5O3. The number of hydrogen-bond acceptors (Lipinski definition) is 6. The van der Waals surface area contributed by atoms with E-state index in [2.05, 4.69) is 5.10 Å². The van der Waals surface area contributed by atoms with Crippen LogP contribution in [0.2, 0.25) is 5.02 Å².